The fourth-order valence-corrected chi connectivity index (χ4v) is 3.56. The average molecular weight is 398 g/mol. The van der Waals surface area contributed by atoms with Crippen LogP contribution in [0.15, 0.2) is 54.7 Å². The van der Waals surface area contributed by atoms with E-state index in [0.717, 1.165) is 22.3 Å². The summed E-state index contributed by atoms with van der Waals surface area (Å²) in [6.07, 6.45) is 1.62. The van der Waals surface area contributed by atoms with Gasteiger partial charge in [-0.15, -0.1) is 0 Å². The number of rotatable bonds is 4. The minimum atomic E-state index is -0.280. The van der Waals surface area contributed by atoms with E-state index in [0.29, 0.717) is 18.3 Å². The molecule has 0 amide bonds. The average Bonchev–Trinajstić information content (AvgIpc) is 2.95. The molecule has 6 nitrogen and oxygen atoms in total. The first-order valence-electron chi connectivity index (χ1n) is 8.68. The third-order valence-corrected chi connectivity index (χ3v) is 5.16. The number of fused-ring (bicyclic) bond motifs is 1. The second-order valence-electron chi connectivity index (χ2n) is 6.87. The van der Waals surface area contributed by atoms with Crippen molar-refractivity contribution >= 4 is 40.1 Å². The number of aryl methyl sites for hydroxylation is 1. The molecular formula is C20H19ClFN6+. The predicted molar refractivity (Wildman–Crippen MR) is 110 cm³/mol. The molecule has 0 saturated carbocycles. The van der Waals surface area contributed by atoms with Gasteiger partial charge in [-0.2, -0.15) is 4.98 Å². The molecule has 0 fully saturated rings. The summed E-state index contributed by atoms with van der Waals surface area (Å²) in [6.45, 7) is 0.471. The summed E-state index contributed by atoms with van der Waals surface area (Å²) in [6, 6.07) is 14.3. The molecule has 0 aliphatic heterocycles. The number of nitrogens with two attached hydrogens (primary N) is 1. The van der Waals surface area contributed by atoms with Crippen molar-refractivity contribution in [1.82, 2.24) is 24.0 Å². The molecule has 28 heavy (non-hydrogen) atoms. The Hall–Kier alpha value is -3.03. The molecule has 2 aromatic heterocycles. The summed E-state index contributed by atoms with van der Waals surface area (Å²) in [5, 5.41) is 0.157. The number of aromatic nitrogens is 4. The number of hydrogen-bond donors (Lipinski definition) is 1. The number of nitrogens with zero attached hydrogens (tertiary/aromatic N) is 5. The molecule has 8 heteroatoms. The Labute approximate surface area is 166 Å². The largest absolute Gasteiger partial charge is 0.369 e. The first-order valence-corrected chi connectivity index (χ1v) is 9.06. The van der Waals surface area contributed by atoms with E-state index in [2.05, 4.69) is 15.0 Å². The maximum absolute atomic E-state index is 13.8. The lowest BCUT2D eigenvalue weighted by Crippen LogP contribution is -2.39. The van der Waals surface area contributed by atoms with Gasteiger partial charge in [0.2, 0.25) is 17.0 Å². The lowest BCUT2D eigenvalue weighted by molar-refractivity contribution is 0.438. The van der Waals surface area contributed by atoms with Crippen molar-refractivity contribution in [3.63, 3.8) is 0 Å². The van der Waals surface area contributed by atoms with Crippen LogP contribution >= 0.6 is 11.6 Å². The molecule has 0 bridgehead atoms. The van der Waals surface area contributed by atoms with Gasteiger partial charge in [0.05, 0.1) is 18.1 Å². The van der Waals surface area contributed by atoms with Crippen LogP contribution in [0.3, 0.4) is 0 Å². The fraction of sp³-hybridized carbons (Fsp3) is 0.150. The van der Waals surface area contributed by atoms with Crippen molar-refractivity contribution in [2.75, 3.05) is 12.8 Å². The van der Waals surface area contributed by atoms with Gasteiger partial charge in [-0.3, -0.25) is 0 Å². The van der Waals surface area contributed by atoms with Crippen molar-refractivity contribution in [3.8, 4) is 0 Å². The lowest BCUT2D eigenvalue weighted by atomic mass is 10.1. The minimum Gasteiger partial charge on any atom is -0.369 e. The summed E-state index contributed by atoms with van der Waals surface area (Å²) in [7, 11) is 3.87. The Morgan fingerprint density at radius 2 is 1.96 bits per heavy atom. The number of halogens is 2. The second-order valence-corrected chi connectivity index (χ2v) is 7.20. The maximum Gasteiger partial charge on any atom is 0.237 e. The van der Waals surface area contributed by atoms with Gasteiger partial charge in [0.15, 0.2) is 0 Å². The summed E-state index contributed by atoms with van der Waals surface area (Å²) >= 11 is 6.06. The molecule has 1 unspecified atom stereocenters. The van der Waals surface area contributed by atoms with Crippen molar-refractivity contribution in [2.24, 2.45) is 7.05 Å². The van der Waals surface area contributed by atoms with Crippen molar-refractivity contribution in [3.05, 3.63) is 71.4 Å². The van der Waals surface area contributed by atoms with Crippen LogP contribution in [-0.2, 0) is 13.6 Å². The Balaban J connectivity index is 1.89. The Bertz CT molecular complexity index is 1170. The number of hydrogen-bond acceptors (Lipinski definition) is 4. The normalized spacial score (nSPS) is 13.6. The molecule has 4 aromatic rings. The molecule has 4 rings (SSSR count). The van der Waals surface area contributed by atoms with Gasteiger partial charge in [0, 0.05) is 37.0 Å². The monoisotopic (exact) mass is 397 g/mol. The van der Waals surface area contributed by atoms with E-state index in [-0.39, 0.29) is 15.6 Å². The predicted octanol–water partition coefficient (Wildman–Crippen LogP) is 4.21. The number of quaternary nitrogens is 1. The smallest absolute Gasteiger partial charge is 0.237 e. The highest BCUT2D eigenvalue weighted by molar-refractivity contribution is 6.28. The summed E-state index contributed by atoms with van der Waals surface area (Å²) in [5.74, 6) is 0.849. The topological polar surface area (TPSA) is 69.6 Å². The third-order valence-electron chi connectivity index (χ3n) is 4.97. The molecule has 2 aromatic carbocycles. The summed E-state index contributed by atoms with van der Waals surface area (Å²) in [4.78, 5) is 12.8. The van der Waals surface area contributed by atoms with Gasteiger partial charge >= 0.3 is 0 Å². The van der Waals surface area contributed by atoms with Crippen LogP contribution in [0.4, 0.5) is 21.8 Å². The highest BCUT2D eigenvalue weighted by atomic mass is 35.5. The van der Waals surface area contributed by atoms with E-state index in [1.807, 2.05) is 49.0 Å². The fourth-order valence-electron chi connectivity index (χ4n) is 3.42. The van der Waals surface area contributed by atoms with Crippen LogP contribution in [0.25, 0.3) is 11.0 Å². The molecule has 142 valence electrons. The molecule has 1 atom stereocenters. The molecule has 2 heterocycles. The van der Waals surface area contributed by atoms with Crippen LogP contribution < -0.4 is 10.2 Å². The molecule has 0 spiro atoms. The lowest BCUT2D eigenvalue weighted by Gasteiger charge is -2.32. The van der Waals surface area contributed by atoms with Crippen LogP contribution in [0.1, 0.15) is 5.56 Å². The highest BCUT2D eigenvalue weighted by Gasteiger charge is 2.31. The van der Waals surface area contributed by atoms with Crippen LogP contribution in [0.2, 0.25) is 5.28 Å². The van der Waals surface area contributed by atoms with Gasteiger partial charge in [-0.05, 0) is 29.8 Å². The van der Waals surface area contributed by atoms with Crippen LogP contribution in [0.5, 0.6) is 0 Å². The number of nitrogen functional groups attached to an aromatic ring is 1. The van der Waals surface area contributed by atoms with Gasteiger partial charge in [-0.1, -0.05) is 12.1 Å². The molecule has 0 saturated heterocycles. The molecule has 2 N–H and O–H groups in total. The molecule has 0 aliphatic carbocycles. The van der Waals surface area contributed by atoms with E-state index in [1.165, 1.54) is 12.1 Å². The summed E-state index contributed by atoms with van der Waals surface area (Å²) in [5.41, 5.74) is 9.41. The minimum absolute atomic E-state index is 0.157. The van der Waals surface area contributed by atoms with E-state index >= 15 is 0 Å². The van der Waals surface area contributed by atoms with Crippen LogP contribution in [-0.4, -0.2) is 26.6 Å². The van der Waals surface area contributed by atoms with Crippen molar-refractivity contribution in [2.45, 2.75) is 6.54 Å². The van der Waals surface area contributed by atoms with Gasteiger partial charge in [0.25, 0.3) is 0 Å². The van der Waals surface area contributed by atoms with E-state index < -0.39 is 0 Å². The molecule has 0 aliphatic rings. The first kappa shape index (κ1) is 18.3. The van der Waals surface area contributed by atoms with Gasteiger partial charge < -0.3 is 10.3 Å². The third kappa shape index (κ3) is 3.19. The number of benzene rings is 2. The molecule has 0 radical (unpaired) electrons. The Morgan fingerprint density at radius 3 is 2.71 bits per heavy atom. The van der Waals surface area contributed by atoms with Crippen molar-refractivity contribution in [1.29, 1.82) is 0 Å². The zero-order valence-corrected chi connectivity index (χ0v) is 16.2. The quantitative estimate of drug-likeness (QED) is 0.413. The number of anilines is 1. The van der Waals surface area contributed by atoms with E-state index in [4.69, 9.17) is 17.3 Å². The van der Waals surface area contributed by atoms with Gasteiger partial charge in [-0.25, -0.2) is 18.8 Å². The first-order chi connectivity index (χ1) is 13.4. The van der Waals surface area contributed by atoms with E-state index in [1.54, 1.807) is 12.3 Å². The highest BCUT2D eigenvalue weighted by Crippen LogP contribution is 2.36. The zero-order chi connectivity index (χ0) is 19.9. The Kier molecular flexibility index (Phi) is 4.49. The summed E-state index contributed by atoms with van der Waals surface area (Å²) < 4.78 is 15.9. The molecular weight excluding hydrogens is 379 g/mol. The second kappa shape index (κ2) is 6.85. The Morgan fingerprint density at radius 1 is 1.14 bits per heavy atom. The SMILES string of the molecule is Cn1c(N)nc2cc([N+](C)(Cc3cccc(F)c3)c3ccnc(Cl)n3)ccc21. The standard InChI is InChI=1S/C20H19ClFN6/c1-27-17-7-6-15(11-16(17)25-20(27)23)28(2,18-8-9-24-19(21)26-18)12-13-4-3-5-14(22)10-13/h3-11H,12H2,1-2H3,(H2,23,25)/q+1. The van der Waals surface area contributed by atoms with E-state index in [9.17, 15) is 4.39 Å². The van der Waals surface area contributed by atoms with Crippen molar-refractivity contribution < 1.29 is 4.39 Å². The zero-order valence-electron chi connectivity index (χ0n) is 15.5. The van der Waals surface area contributed by atoms with Crippen LogP contribution in [0, 0.1) is 5.82 Å². The maximum atomic E-state index is 13.8. The van der Waals surface area contributed by atoms with Gasteiger partial charge in [0.1, 0.15) is 18.0 Å². The number of imidazole rings is 1.